The molecular formula is C18H27IN4O3S. The summed E-state index contributed by atoms with van der Waals surface area (Å²) in [6.45, 7) is 5.80. The van der Waals surface area contributed by atoms with Crippen LogP contribution in [-0.2, 0) is 16.4 Å². The molecule has 0 aliphatic carbocycles. The maximum absolute atomic E-state index is 12.1. The normalized spacial score (nSPS) is 12.4. The van der Waals surface area contributed by atoms with Gasteiger partial charge < -0.3 is 15.1 Å². The van der Waals surface area contributed by atoms with Crippen LogP contribution >= 0.6 is 24.0 Å². The van der Waals surface area contributed by atoms with Crippen LogP contribution in [0.5, 0.6) is 0 Å². The molecule has 2 aromatic rings. The number of aromatic nitrogens is 1. The summed E-state index contributed by atoms with van der Waals surface area (Å²) in [6.07, 6.45) is 1.59. The minimum absolute atomic E-state index is 0. The van der Waals surface area contributed by atoms with Crippen molar-refractivity contribution in [3.05, 3.63) is 42.3 Å². The van der Waals surface area contributed by atoms with Crippen LogP contribution in [0.3, 0.4) is 0 Å². The van der Waals surface area contributed by atoms with E-state index in [1.165, 1.54) is 0 Å². The summed E-state index contributed by atoms with van der Waals surface area (Å²) in [7, 11) is -1.54. The summed E-state index contributed by atoms with van der Waals surface area (Å²) in [5, 5.41) is 6.10. The maximum Gasteiger partial charge on any atom is 0.226 e. The van der Waals surface area contributed by atoms with E-state index in [-0.39, 0.29) is 36.3 Å². The fourth-order valence-corrected chi connectivity index (χ4v) is 3.09. The largest absolute Gasteiger partial charge is 0.444 e. The first kappa shape index (κ1) is 23.4. The van der Waals surface area contributed by atoms with E-state index in [2.05, 4.69) is 20.6 Å². The average molecular weight is 506 g/mol. The van der Waals surface area contributed by atoms with E-state index in [0.717, 1.165) is 11.3 Å². The molecule has 0 spiro atoms. The van der Waals surface area contributed by atoms with Crippen LogP contribution in [0.15, 0.2) is 46.0 Å². The molecule has 1 aromatic heterocycles. The summed E-state index contributed by atoms with van der Waals surface area (Å²) in [6, 6.07) is 9.65. The van der Waals surface area contributed by atoms with Crippen molar-refractivity contribution in [3.63, 3.8) is 0 Å². The molecule has 0 saturated heterocycles. The zero-order valence-electron chi connectivity index (χ0n) is 16.0. The first-order chi connectivity index (χ1) is 12.2. The predicted molar refractivity (Wildman–Crippen MR) is 119 cm³/mol. The molecule has 2 rings (SSSR count). The quantitative estimate of drug-likeness (QED) is 0.356. The number of rotatable bonds is 6. The van der Waals surface area contributed by atoms with Crippen LogP contribution in [0.4, 0.5) is 0 Å². The fourth-order valence-electron chi connectivity index (χ4n) is 2.11. The minimum atomic E-state index is -3.17. The Kier molecular flexibility index (Phi) is 8.73. The number of hydrogen-bond acceptors (Lipinski definition) is 5. The second kappa shape index (κ2) is 10.1. The lowest BCUT2D eigenvalue weighted by atomic mass is 10.2. The number of nitrogens with zero attached hydrogens (tertiary/aromatic N) is 2. The third-order valence-electron chi connectivity index (χ3n) is 3.83. The Morgan fingerprint density at radius 1 is 1.19 bits per heavy atom. The van der Waals surface area contributed by atoms with Crippen molar-refractivity contribution in [2.75, 3.05) is 19.3 Å². The van der Waals surface area contributed by atoms with Crippen molar-refractivity contribution >= 4 is 39.8 Å². The molecule has 27 heavy (non-hydrogen) atoms. The molecule has 0 unspecified atom stereocenters. The van der Waals surface area contributed by atoms with Crippen molar-refractivity contribution in [1.29, 1.82) is 0 Å². The number of halogens is 1. The number of oxazole rings is 1. The van der Waals surface area contributed by atoms with E-state index in [0.29, 0.717) is 18.4 Å². The van der Waals surface area contributed by atoms with Crippen molar-refractivity contribution < 1.29 is 12.8 Å². The number of benzene rings is 1. The molecule has 150 valence electrons. The van der Waals surface area contributed by atoms with Gasteiger partial charge in [-0.1, -0.05) is 18.2 Å². The highest BCUT2D eigenvalue weighted by Gasteiger charge is 2.28. The predicted octanol–water partition coefficient (Wildman–Crippen LogP) is 2.84. The van der Waals surface area contributed by atoms with Gasteiger partial charge in [0, 0.05) is 19.2 Å². The van der Waals surface area contributed by atoms with Gasteiger partial charge in [0.1, 0.15) is 6.26 Å². The smallest absolute Gasteiger partial charge is 0.226 e. The number of nitrogens with one attached hydrogen (secondary N) is 2. The Labute approximate surface area is 178 Å². The summed E-state index contributed by atoms with van der Waals surface area (Å²) in [5.74, 6) is 1.11. The van der Waals surface area contributed by atoms with Crippen LogP contribution in [0.1, 0.15) is 26.5 Å². The third-order valence-corrected chi connectivity index (χ3v) is 6.44. The van der Waals surface area contributed by atoms with Gasteiger partial charge in [-0.25, -0.2) is 13.4 Å². The molecule has 1 aromatic carbocycles. The molecule has 2 N–H and O–H groups in total. The second-order valence-corrected chi connectivity index (χ2v) is 9.66. The summed E-state index contributed by atoms with van der Waals surface area (Å²) >= 11 is 0. The van der Waals surface area contributed by atoms with Gasteiger partial charge in [0.2, 0.25) is 5.89 Å². The zero-order valence-corrected chi connectivity index (χ0v) is 19.2. The molecule has 0 atom stereocenters. The molecular weight excluding hydrogens is 479 g/mol. The molecule has 0 saturated carbocycles. The highest BCUT2D eigenvalue weighted by molar-refractivity contribution is 14.0. The van der Waals surface area contributed by atoms with Crippen LogP contribution in [0.2, 0.25) is 0 Å². The minimum Gasteiger partial charge on any atom is -0.444 e. The lowest BCUT2D eigenvalue weighted by Crippen LogP contribution is -2.41. The fraction of sp³-hybridized carbons (Fsp3) is 0.444. The van der Waals surface area contributed by atoms with Crippen LogP contribution in [0.25, 0.3) is 11.5 Å². The van der Waals surface area contributed by atoms with Gasteiger partial charge in [0.25, 0.3) is 0 Å². The molecule has 0 amide bonds. The Balaban J connectivity index is 0.00000364. The van der Waals surface area contributed by atoms with E-state index < -0.39 is 14.6 Å². The maximum atomic E-state index is 12.1. The Morgan fingerprint density at radius 2 is 1.85 bits per heavy atom. The van der Waals surface area contributed by atoms with E-state index in [1.54, 1.807) is 34.1 Å². The third kappa shape index (κ3) is 6.80. The van der Waals surface area contributed by atoms with E-state index in [1.807, 2.05) is 30.3 Å². The molecule has 1 heterocycles. The van der Waals surface area contributed by atoms with Crippen molar-refractivity contribution in [2.24, 2.45) is 4.99 Å². The average Bonchev–Trinajstić information content (AvgIpc) is 3.06. The summed E-state index contributed by atoms with van der Waals surface area (Å²) in [4.78, 5) is 8.52. The first-order valence-electron chi connectivity index (χ1n) is 8.39. The standard InChI is InChI=1S/C18H26N4O3S.HI/c1-18(2,3)26(23,24)11-10-20-17(19-4)21-12-15-13-25-16(22-15)14-8-6-5-7-9-14;/h5-9,13H,10-12H2,1-4H3,(H2,19,20,21);1H. The lowest BCUT2D eigenvalue weighted by molar-refractivity contribution is 0.559. The molecule has 0 bridgehead atoms. The summed E-state index contributed by atoms with van der Waals surface area (Å²) in [5.41, 5.74) is 1.64. The zero-order chi connectivity index (χ0) is 19.2. The number of guanidine groups is 1. The Bertz CT molecular complexity index is 843. The monoisotopic (exact) mass is 506 g/mol. The molecule has 0 aliphatic rings. The molecule has 9 heteroatoms. The first-order valence-corrected chi connectivity index (χ1v) is 10.0. The van der Waals surface area contributed by atoms with Crippen molar-refractivity contribution in [2.45, 2.75) is 32.1 Å². The highest BCUT2D eigenvalue weighted by atomic mass is 127. The van der Waals surface area contributed by atoms with Gasteiger partial charge in [0.05, 0.1) is 22.7 Å². The molecule has 0 fully saturated rings. The number of hydrogen-bond donors (Lipinski definition) is 2. The van der Waals surface area contributed by atoms with Crippen molar-refractivity contribution in [1.82, 2.24) is 15.6 Å². The van der Waals surface area contributed by atoms with Gasteiger partial charge in [-0.2, -0.15) is 0 Å². The van der Waals surface area contributed by atoms with Gasteiger partial charge in [-0.3, -0.25) is 4.99 Å². The molecule has 0 aliphatic heterocycles. The van der Waals surface area contributed by atoms with Crippen LogP contribution in [0, 0.1) is 0 Å². The van der Waals surface area contributed by atoms with Gasteiger partial charge >= 0.3 is 0 Å². The topological polar surface area (TPSA) is 96.6 Å². The number of aliphatic imine (C=N–C) groups is 1. The van der Waals surface area contributed by atoms with Gasteiger partial charge in [0.15, 0.2) is 15.8 Å². The Hall–Kier alpha value is -1.62. The van der Waals surface area contributed by atoms with Crippen LogP contribution < -0.4 is 10.6 Å². The van der Waals surface area contributed by atoms with Crippen molar-refractivity contribution in [3.8, 4) is 11.5 Å². The lowest BCUT2D eigenvalue weighted by Gasteiger charge is -2.19. The SMILES string of the molecule is CN=C(NCCS(=O)(=O)C(C)(C)C)NCc1coc(-c2ccccc2)n1.I. The molecule has 0 radical (unpaired) electrons. The second-order valence-electron chi connectivity index (χ2n) is 6.79. The highest BCUT2D eigenvalue weighted by Crippen LogP contribution is 2.17. The van der Waals surface area contributed by atoms with E-state index in [4.69, 9.17) is 4.42 Å². The number of sulfone groups is 1. The van der Waals surface area contributed by atoms with Crippen LogP contribution in [-0.4, -0.2) is 43.5 Å². The Morgan fingerprint density at radius 3 is 2.44 bits per heavy atom. The van der Waals surface area contributed by atoms with Gasteiger partial charge in [-0.15, -0.1) is 24.0 Å². The molecule has 7 nitrogen and oxygen atoms in total. The summed E-state index contributed by atoms with van der Waals surface area (Å²) < 4.78 is 29.0. The van der Waals surface area contributed by atoms with Gasteiger partial charge in [-0.05, 0) is 32.9 Å². The van der Waals surface area contributed by atoms with E-state index in [9.17, 15) is 8.42 Å². The van der Waals surface area contributed by atoms with E-state index >= 15 is 0 Å².